The summed E-state index contributed by atoms with van der Waals surface area (Å²) >= 11 is 0. The Morgan fingerprint density at radius 3 is 2.62 bits per heavy atom. The average molecular weight is 316 g/mol. The summed E-state index contributed by atoms with van der Waals surface area (Å²) in [5, 5.41) is 0.480. The summed E-state index contributed by atoms with van der Waals surface area (Å²) in [7, 11) is 6.02. The molecule has 0 amide bonds. The molecule has 1 aromatic heterocycles. The van der Waals surface area contributed by atoms with Gasteiger partial charge in [0.1, 0.15) is 13.7 Å². The number of aromatic nitrogens is 2. The molecule has 0 aliphatic carbocycles. The summed E-state index contributed by atoms with van der Waals surface area (Å²) in [4.78, 5) is 16.4. The van der Waals surface area contributed by atoms with Crippen molar-refractivity contribution in [2.24, 2.45) is 0 Å². The van der Waals surface area contributed by atoms with Crippen LogP contribution < -0.4 is 11.0 Å². The highest BCUT2D eigenvalue weighted by atomic mass is 16.1. The van der Waals surface area contributed by atoms with Gasteiger partial charge in [-0.25, -0.2) is 0 Å². The molecule has 2 radical (unpaired) electrons. The van der Waals surface area contributed by atoms with Gasteiger partial charge < -0.3 is 0 Å². The van der Waals surface area contributed by atoms with E-state index in [1.807, 2.05) is 23.6 Å². The molecule has 3 rings (SSSR count). The number of hydrogen-bond donors (Lipinski definition) is 0. The van der Waals surface area contributed by atoms with Gasteiger partial charge in [0, 0.05) is 0 Å². The first kappa shape index (κ1) is 16.5. The van der Waals surface area contributed by atoms with E-state index in [2.05, 4.69) is 44.0 Å². The lowest BCUT2D eigenvalue weighted by Gasteiger charge is -2.18. The highest BCUT2D eigenvalue weighted by Gasteiger charge is 2.13. The molecule has 24 heavy (non-hydrogen) atoms. The van der Waals surface area contributed by atoms with Crippen molar-refractivity contribution in [3.63, 3.8) is 0 Å². The molecule has 0 saturated carbocycles. The molecule has 0 bridgehead atoms. The standard InChI is InChI=1S/C20H21BN2O/c1-5-12(2)15-9-10-17(13(3)11-15)23-14(4)22-20(24)19-16(21)7-6-8-18(19)23/h6-12H,5H2,1-4H3. The zero-order chi connectivity index (χ0) is 17.4. The second-order valence-electron chi connectivity index (χ2n) is 6.40. The molecule has 120 valence electrons. The van der Waals surface area contributed by atoms with E-state index in [1.165, 1.54) is 5.56 Å². The normalized spacial score (nSPS) is 12.5. The second kappa shape index (κ2) is 6.27. The minimum Gasteiger partial charge on any atom is -0.298 e. The summed E-state index contributed by atoms with van der Waals surface area (Å²) < 4.78 is 2.02. The summed E-state index contributed by atoms with van der Waals surface area (Å²) in [5.74, 6) is 1.19. The second-order valence-corrected chi connectivity index (χ2v) is 6.40. The molecule has 1 unspecified atom stereocenters. The highest BCUT2D eigenvalue weighted by molar-refractivity contribution is 6.38. The number of fused-ring (bicyclic) bond motifs is 1. The fraction of sp³-hybridized carbons (Fsp3) is 0.300. The topological polar surface area (TPSA) is 34.9 Å². The van der Waals surface area contributed by atoms with Crippen LogP contribution in [0.15, 0.2) is 41.2 Å². The maximum Gasteiger partial charge on any atom is 0.280 e. The van der Waals surface area contributed by atoms with Crippen molar-refractivity contribution in [3.05, 3.63) is 63.7 Å². The van der Waals surface area contributed by atoms with Gasteiger partial charge in [-0.2, -0.15) is 4.98 Å². The van der Waals surface area contributed by atoms with E-state index in [-0.39, 0.29) is 5.56 Å². The van der Waals surface area contributed by atoms with Crippen molar-refractivity contribution >= 4 is 24.2 Å². The maximum absolute atomic E-state index is 12.3. The van der Waals surface area contributed by atoms with Crippen LogP contribution in [0.1, 0.15) is 43.1 Å². The van der Waals surface area contributed by atoms with Crippen LogP contribution in [0, 0.1) is 13.8 Å². The van der Waals surface area contributed by atoms with Crippen LogP contribution in [0.25, 0.3) is 16.6 Å². The predicted octanol–water partition coefficient (Wildman–Crippen LogP) is 3.31. The van der Waals surface area contributed by atoms with Gasteiger partial charge in [-0.15, -0.1) is 0 Å². The van der Waals surface area contributed by atoms with E-state index in [4.69, 9.17) is 7.85 Å². The highest BCUT2D eigenvalue weighted by Crippen LogP contribution is 2.25. The van der Waals surface area contributed by atoms with E-state index in [0.717, 1.165) is 23.2 Å². The molecule has 0 spiro atoms. The van der Waals surface area contributed by atoms with E-state index < -0.39 is 0 Å². The van der Waals surface area contributed by atoms with Crippen molar-refractivity contribution in [2.45, 2.75) is 40.0 Å². The lowest BCUT2D eigenvalue weighted by Crippen LogP contribution is -2.22. The number of rotatable bonds is 3. The number of aryl methyl sites for hydroxylation is 2. The minimum absolute atomic E-state index is 0.272. The Kier molecular flexibility index (Phi) is 4.31. The van der Waals surface area contributed by atoms with Crippen LogP contribution in [0.3, 0.4) is 0 Å². The zero-order valence-electron chi connectivity index (χ0n) is 14.6. The molecular formula is C20H21BN2O. The maximum atomic E-state index is 12.3. The molecule has 4 heteroatoms. The van der Waals surface area contributed by atoms with E-state index in [1.54, 1.807) is 6.07 Å². The Bertz CT molecular complexity index is 975. The van der Waals surface area contributed by atoms with Gasteiger partial charge in [0.05, 0.1) is 16.6 Å². The molecule has 0 N–H and O–H groups in total. The largest absolute Gasteiger partial charge is 0.298 e. The summed E-state index contributed by atoms with van der Waals surface area (Å²) in [6.07, 6.45) is 1.11. The van der Waals surface area contributed by atoms with Crippen molar-refractivity contribution < 1.29 is 0 Å². The summed E-state index contributed by atoms with van der Waals surface area (Å²) in [6, 6.07) is 12.0. The Hall–Kier alpha value is -2.36. The van der Waals surface area contributed by atoms with Gasteiger partial charge in [-0.05, 0) is 49.4 Å². The SMILES string of the molecule is [B]c1cccc2c1c(=O)nc(C)n2-c1ccc(C(C)CC)cc1C. The molecule has 0 aliphatic rings. The fourth-order valence-corrected chi connectivity index (χ4v) is 3.18. The lowest BCUT2D eigenvalue weighted by atomic mass is 9.92. The predicted molar refractivity (Wildman–Crippen MR) is 101 cm³/mol. The quantitative estimate of drug-likeness (QED) is 0.695. The molecular weight excluding hydrogens is 295 g/mol. The van der Waals surface area contributed by atoms with Crippen LogP contribution in [-0.4, -0.2) is 17.4 Å². The smallest absolute Gasteiger partial charge is 0.280 e. The first-order chi connectivity index (χ1) is 11.4. The fourth-order valence-electron chi connectivity index (χ4n) is 3.18. The van der Waals surface area contributed by atoms with Crippen LogP contribution >= 0.6 is 0 Å². The van der Waals surface area contributed by atoms with E-state index >= 15 is 0 Å². The average Bonchev–Trinajstić information content (AvgIpc) is 2.55. The Morgan fingerprint density at radius 2 is 1.96 bits per heavy atom. The van der Waals surface area contributed by atoms with Crippen molar-refractivity contribution in [1.29, 1.82) is 0 Å². The lowest BCUT2D eigenvalue weighted by molar-refractivity contribution is 0.732. The monoisotopic (exact) mass is 316 g/mol. The van der Waals surface area contributed by atoms with Crippen LogP contribution in [0.4, 0.5) is 0 Å². The number of hydrogen-bond acceptors (Lipinski definition) is 2. The summed E-state index contributed by atoms with van der Waals surface area (Å²) in [6.45, 7) is 8.37. The molecule has 2 aromatic carbocycles. The van der Waals surface area contributed by atoms with Gasteiger partial charge in [0.15, 0.2) is 0 Å². The van der Waals surface area contributed by atoms with Crippen LogP contribution in [-0.2, 0) is 0 Å². The van der Waals surface area contributed by atoms with E-state index in [9.17, 15) is 4.79 Å². The molecule has 0 aliphatic heterocycles. The molecule has 1 heterocycles. The minimum atomic E-state index is -0.272. The van der Waals surface area contributed by atoms with Gasteiger partial charge in [-0.1, -0.05) is 43.6 Å². The molecule has 3 aromatic rings. The van der Waals surface area contributed by atoms with E-state index in [0.29, 0.717) is 22.6 Å². The first-order valence-electron chi connectivity index (χ1n) is 8.32. The Balaban J connectivity index is 2.31. The van der Waals surface area contributed by atoms with Gasteiger partial charge in [0.25, 0.3) is 5.56 Å². The Labute approximate surface area is 143 Å². The third kappa shape index (κ3) is 2.66. The molecule has 0 fully saturated rings. The van der Waals surface area contributed by atoms with Gasteiger partial charge >= 0.3 is 0 Å². The van der Waals surface area contributed by atoms with Crippen molar-refractivity contribution in [2.75, 3.05) is 0 Å². The van der Waals surface area contributed by atoms with Crippen LogP contribution in [0.5, 0.6) is 0 Å². The zero-order valence-corrected chi connectivity index (χ0v) is 14.6. The summed E-state index contributed by atoms with van der Waals surface area (Å²) in [5.41, 5.74) is 4.51. The molecule has 0 saturated heterocycles. The van der Waals surface area contributed by atoms with Gasteiger partial charge in [0.2, 0.25) is 0 Å². The third-order valence-electron chi connectivity index (χ3n) is 4.76. The van der Waals surface area contributed by atoms with Crippen molar-refractivity contribution in [3.8, 4) is 5.69 Å². The number of benzene rings is 2. The van der Waals surface area contributed by atoms with Crippen LogP contribution in [0.2, 0.25) is 0 Å². The first-order valence-corrected chi connectivity index (χ1v) is 8.32. The Morgan fingerprint density at radius 1 is 1.21 bits per heavy atom. The molecule has 1 atom stereocenters. The van der Waals surface area contributed by atoms with Gasteiger partial charge in [-0.3, -0.25) is 9.36 Å². The third-order valence-corrected chi connectivity index (χ3v) is 4.76. The molecule has 3 nitrogen and oxygen atoms in total. The van der Waals surface area contributed by atoms with Crippen molar-refractivity contribution in [1.82, 2.24) is 9.55 Å². The number of nitrogens with zero attached hydrogens (tertiary/aromatic N) is 2.